The van der Waals surface area contributed by atoms with Gasteiger partial charge in [0.05, 0.1) is 30.8 Å². The average molecular weight is 460 g/mol. The minimum absolute atomic E-state index is 0.107. The van der Waals surface area contributed by atoms with E-state index in [1.165, 1.54) is 37.6 Å². The molecule has 0 aliphatic rings. The molecule has 0 unspecified atom stereocenters. The van der Waals surface area contributed by atoms with E-state index in [0.29, 0.717) is 29.4 Å². The fourth-order valence-corrected chi connectivity index (χ4v) is 4.03. The van der Waals surface area contributed by atoms with Crippen LogP contribution in [-0.2, 0) is 16.2 Å². The Morgan fingerprint density at radius 2 is 1.84 bits per heavy atom. The van der Waals surface area contributed by atoms with Crippen molar-refractivity contribution in [3.8, 4) is 22.8 Å². The molecule has 0 saturated heterocycles. The molecule has 0 spiro atoms. The Labute approximate surface area is 187 Å². The predicted octanol–water partition coefficient (Wildman–Crippen LogP) is 5.30. The average Bonchev–Trinajstić information content (AvgIpc) is 3.14. The van der Waals surface area contributed by atoms with Gasteiger partial charge in [-0.1, -0.05) is 19.6 Å². The molecule has 3 aromatic rings. The number of halogens is 2. The van der Waals surface area contributed by atoms with Gasteiger partial charge in [-0.25, -0.2) is 23.5 Å². The monoisotopic (exact) mass is 459 g/mol. The van der Waals surface area contributed by atoms with E-state index in [9.17, 15) is 13.6 Å². The molecule has 9 heteroatoms. The molecular formula is C23H27F2N3O3Si. The van der Waals surface area contributed by atoms with Crippen molar-refractivity contribution in [2.45, 2.75) is 39.3 Å². The Kier molecular flexibility index (Phi) is 7.20. The molecule has 0 aliphatic heterocycles. The molecular weight excluding hydrogens is 432 g/mol. The summed E-state index contributed by atoms with van der Waals surface area (Å²) in [5.41, 5.74) is 1.77. The van der Waals surface area contributed by atoms with E-state index in [2.05, 4.69) is 29.6 Å². The first-order chi connectivity index (χ1) is 15.1. The van der Waals surface area contributed by atoms with Gasteiger partial charge < -0.3 is 9.47 Å². The van der Waals surface area contributed by atoms with Crippen LogP contribution in [0.4, 0.5) is 8.78 Å². The second-order valence-electron chi connectivity index (χ2n) is 8.69. The summed E-state index contributed by atoms with van der Waals surface area (Å²) in [7, 11) is -0.0206. The summed E-state index contributed by atoms with van der Waals surface area (Å²) in [6.07, 6.45) is 2.61. The van der Waals surface area contributed by atoms with Crippen molar-refractivity contribution in [2.24, 2.45) is 0 Å². The van der Waals surface area contributed by atoms with Crippen LogP contribution in [0.25, 0.3) is 22.8 Å². The van der Waals surface area contributed by atoms with Gasteiger partial charge in [-0.2, -0.15) is 0 Å². The minimum Gasteiger partial charge on any atom is -0.465 e. The van der Waals surface area contributed by atoms with Crippen LogP contribution in [0.3, 0.4) is 0 Å². The summed E-state index contributed by atoms with van der Waals surface area (Å²) in [6, 6.07) is 6.39. The molecule has 0 fully saturated rings. The Morgan fingerprint density at radius 3 is 2.47 bits per heavy atom. The van der Waals surface area contributed by atoms with Gasteiger partial charge >= 0.3 is 5.97 Å². The van der Waals surface area contributed by atoms with Crippen LogP contribution >= 0.6 is 0 Å². The van der Waals surface area contributed by atoms with Crippen LogP contribution in [0.1, 0.15) is 15.9 Å². The third-order valence-electron chi connectivity index (χ3n) is 5.10. The summed E-state index contributed by atoms with van der Waals surface area (Å²) in [6.45, 7) is 9.07. The zero-order chi connectivity index (χ0) is 23.5. The molecule has 2 aromatic heterocycles. The van der Waals surface area contributed by atoms with Gasteiger partial charge in [0.2, 0.25) is 0 Å². The topological polar surface area (TPSA) is 66.2 Å². The number of methoxy groups -OCH3 is 1. The lowest BCUT2D eigenvalue weighted by Gasteiger charge is -2.18. The number of ether oxygens (including phenoxy) is 2. The molecule has 0 aliphatic carbocycles. The fraction of sp³-hybridized carbons (Fsp3) is 0.348. The van der Waals surface area contributed by atoms with Crippen molar-refractivity contribution in [3.63, 3.8) is 0 Å². The fourth-order valence-electron chi connectivity index (χ4n) is 3.28. The van der Waals surface area contributed by atoms with Crippen LogP contribution < -0.4 is 0 Å². The smallest absolute Gasteiger partial charge is 0.338 e. The van der Waals surface area contributed by atoms with Gasteiger partial charge in [0.25, 0.3) is 0 Å². The number of carbonyl (C=O) groups is 1. The van der Waals surface area contributed by atoms with Crippen molar-refractivity contribution in [2.75, 3.05) is 13.7 Å². The number of aromatic nitrogens is 3. The number of imidazole rings is 1. The van der Waals surface area contributed by atoms with Crippen LogP contribution in [-0.4, -0.2) is 42.3 Å². The number of rotatable bonds is 8. The number of pyridine rings is 1. The summed E-state index contributed by atoms with van der Waals surface area (Å²) in [5.74, 6) is -1.11. The maximum Gasteiger partial charge on any atom is 0.338 e. The Balaban J connectivity index is 2.08. The largest absolute Gasteiger partial charge is 0.465 e. The lowest BCUT2D eigenvalue weighted by atomic mass is 9.99. The molecule has 0 radical (unpaired) electrons. The Bertz CT molecular complexity index is 1110. The zero-order valence-corrected chi connectivity index (χ0v) is 19.9. The van der Waals surface area contributed by atoms with Crippen molar-refractivity contribution < 1.29 is 23.0 Å². The molecule has 0 N–H and O–H groups in total. The van der Waals surface area contributed by atoms with E-state index >= 15 is 0 Å². The van der Waals surface area contributed by atoms with E-state index < -0.39 is 25.7 Å². The maximum absolute atomic E-state index is 15.0. The van der Waals surface area contributed by atoms with Gasteiger partial charge in [-0.3, -0.25) is 4.57 Å². The number of benzene rings is 1. The number of nitrogens with zero attached hydrogens (tertiary/aromatic N) is 3. The minimum atomic E-state index is -1.30. The van der Waals surface area contributed by atoms with Crippen molar-refractivity contribution in [3.05, 3.63) is 59.4 Å². The van der Waals surface area contributed by atoms with Crippen LogP contribution in [0.5, 0.6) is 0 Å². The molecule has 0 atom stereocenters. The lowest BCUT2D eigenvalue weighted by molar-refractivity contribution is 0.0600. The van der Waals surface area contributed by atoms with Gasteiger partial charge in [0.15, 0.2) is 5.82 Å². The number of hydrogen-bond acceptors (Lipinski definition) is 5. The highest BCUT2D eigenvalue weighted by atomic mass is 28.3. The molecule has 3 rings (SSSR count). The van der Waals surface area contributed by atoms with Gasteiger partial charge in [0.1, 0.15) is 24.1 Å². The third kappa shape index (κ3) is 5.28. The normalized spacial score (nSPS) is 11.6. The molecule has 0 bridgehead atoms. The first-order valence-electron chi connectivity index (χ1n) is 10.3. The molecule has 2 heterocycles. The SMILES string of the molecule is COC(=O)c1ccc(F)c(-c2cnc(-c3ccc(F)cn3)n2COCC[Si](C)(C)C)c1C. The summed E-state index contributed by atoms with van der Waals surface area (Å²) >= 11 is 0. The molecule has 0 amide bonds. The summed E-state index contributed by atoms with van der Waals surface area (Å²) in [4.78, 5) is 20.7. The first-order valence-corrected chi connectivity index (χ1v) is 14.0. The van der Waals surface area contributed by atoms with E-state index in [1.807, 2.05) is 0 Å². The van der Waals surface area contributed by atoms with Crippen LogP contribution in [0.15, 0.2) is 36.7 Å². The Morgan fingerprint density at radius 1 is 1.09 bits per heavy atom. The quantitative estimate of drug-likeness (QED) is 0.260. The number of hydrogen-bond donors (Lipinski definition) is 0. The maximum atomic E-state index is 15.0. The number of esters is 1. The molecule has 170 valence electrons. The third-order valence-corrected chi connectivity index (χ3v) is 6.81. The van der Waals surface area contributed by atoms with Crippen molar-refractivity contribution in [1.29, 1.82) is 0 Å². The van der Waals surface area contributed by atoms with Crippen molar-refractivity contribution >= 4 is 14.0 Å². The highest BCUT2D eigenvalue weighted by Gasteiger charge is 2.23. The van der Waals surface area contributed by atoms with Gasteiger partial charge in [0, 0.05) is 20.2 Å². The molecule has 6 nitrogen and oxygen atoms in total. The Hall–Kier alpha value is -2.91. The molecule has 0 saturated carbocycles. The standard InChI is InChI=1S/C23H27F2N3O3Si/c1-15-17(23(29)30-2)7-8-18(25)21(15)20-13-27-22(19-9-6-16(24)12-26-19)28(20)14-31-10-11-32(3,4)5/h6-9,12-13H,10-11,14H2,1-5H3. The van der Waals surface area contributed by atoms with E-state index in [-0.39, 0.29) is 17.9 Å². The second kappa shape index (κ2) is 9.70. The predicted molar refractivity (Wildman–Crippen MR) is 121 cm³/mol. The summed E-state index contributed by atoms with van der Waals surface area (Å²) < 4.78 is 40.8. The highest BCUT2D eigenvalue weighted by Crippen LogP contribution is 2.32. The molecule has 1 aromatic carbocycles. The van der Waals surface area contributed by atoms with E-state index in [0.717, 1.165) is 12.2 Å². The van der Waals surface area contributed by atoms with E-state index in [4.69, 9.17) is 9.47 Å². The summed E-state index contributed by atoms with van der Waals surface area (Å²) in [5, 5.41) is 0. The first kappa shape index (κ1) is 23.7. The van der Waals surface area contributed by atoms with Crippen LogP contribution in [0.2, 0.25) is 25.7 Å². The van der Waals surface area contributed by atoms with Crippen LogP contribution in [0, 0.1) is 18.6 Å². The second-order valence-corrected chi connectivity index (χ2v) is 14.3. The molecule has 32 heavy (non-hydrogen) atoms. The van der Waals surface area contributed by atoms with Gasteiger partial charge in [-0.15, -0.1) is 0 Å². The lowest BCUT2D eigenvalue weighted by Crippen LogP contribution is -2.22. The van der Waals surface area contributed by atoms with Crippen molar-refractivity contribution in [1.82, 2.24) is 14.5 Å². The van der Waals surface area contributed by atoms with Gasteiger partial charge in [-0.05, 0) is 42.8 Å². The van der Waals surface area contributed by atoms with E-state index in [1.54, 1.807) is 11.5 Å². The number of carbonyl (C=O) groups excluding carboxylic acids is 1. The zero-order valence-electron chi connectivity index (χ0n) is 18.9. The highest BCUT2D eigenvalue weighted by molar-refractivity contribution is 6.76.